The minimum Gasteiger partial charge on any atom is -0.493 e. The number of carbonyl (C=O) groups is 2. The third-order valence-corrected chi connectivity index (χ3v) is 8.17. The van der Waals surface area contributed by atoms with E-state index < -0.39 is 28.5 Å². The van der Waals surface area contributed by atoms with Gasteiger partial charge in [-0.3, -0.25) is 13.9 Å². The number of carbonyl (C=O) groups excluding carboxylic acids is 2. The second-order valence-electron chi connectivity index (χ2n) is 8.73. The van der Waals surface area contributed by atoms with E-state index in [9.17, 15) is 18.0 Å². The number of anilines is 1. The Hall–Kier alpha value is -4.05. The number of ether oxygens (including phenoxy) is 2. The third-order valence-electron chi connectivity index (χ3n) is 6.38. The fraction of sp³-hybridized carbons (Fsp3) is 0.310. The van der Waals surface area contributed by atoms with Crippen molar-refractivity contribution in [1.82, 2.24) is 10.2 Å². The maximum atomic E-state index is 13.9. The minimum atomic E-state index is -4.16. The third kappa shape index (κ3) is 7.08. The molecule has 0 aliphatic carbocycles. The van der Waals surface area contributed by atoms with Crippen molar-refractivity contribution in [1.29, 1.82) is 0 Å². The van der Waals surface area contributed by atoms with Gasteiger partial charge >= 0.3 is 0 Å². The van der Waals surface area contributed by atoms with E-state index in [2.05, 4.69) is 5.32 Å². The molecule has 0 spiro atoms. The lowest BCUT2D eigenvalue weighted by molar-refractivity contribution is -0.139. The first kappa shape index (κ1) is 29.5. The molecule has 0 aliphatic rings. The molecule has 39 heavy (non-hydrogen) atoms. The number of hydrogen-bond acceptors (Lipinski definition) is 6. The van der Waals surface area contributed by atoms with Crippen molar-refractivity contribution < 1.29 is 27.5 Å². The molecule has 208 valence electrons. The van der Waals surface area contributed by atoms with Crippen molar-refractivity contribution in [3.63, 3.8) is 0 Å². The Balaban J connectivity index is 2.05. The molecule has 0 aliphatic heterocycles. The van der Waals surface area contributed by atoms with Crippen LogP contribution in [0.25, 0.3) is 0 Å². The van der Waals surface area contributed by atoms with Gasteiger partial charge in [0, 0.05) is 19.7 Å². The summed E-state index contributed by atoms with van der Waals surface area (Å²) in [5, 5.41) is 2.62. The summed E-state index contributed by atoms with van der Waals surface area (Å²) in [6, 6.07) is 21.4. The SMILES string of the molecule is CCC(C(=O)NC)N(CCc1ccccc1)C(=O)CN(c1ccc(OC)c(OC)c1)S(=O)(=O)c1ccccc1. The molecule has 0 heterocycles. The number of methoxy groups -OCH3 is 2. The maximum Gasteiger partial charge on any atom is 0.264 e. The fourth-order valence-electron chi connectivity index (χ4n) is 4.29. The zero-order valence-corrected chi connectivity index (χ0v) is 23.5. The van der Waals surface area contributed by atoms with Gasteiger partial charge < -0.3 is 19.7 Å². The van der Waals surface area contributed by atoms with E-state index in [1.54, 1.807) is 30.3 Å². The second-order valence-corrected chi connectivity index (χ2v) is 10.6. The molecular weight excluding hydrogens is 518 g/mol. The second kappa shape index (κ2) is 13.7. The number of benzene rings is 3. The van der Waals surface area contributed by atoms with E-state index in [1.807, 2.05) is 37.3 Å². The van der Waals surface area contributed by atoms with Crippen molar-refractivity contribution in [3.8, 4) is 11.5 Å². The van der Waals surface area contributed by atoms with Crippen LogP contribution in [0.4, 0.5) is 5.69 Å². The average molecular weight is 554 g/mol. The highest BCUT2D eigenvalue weighted by molar-refractivity contribution is 7.92. The molecule has 0 bridgehead atoms. The predicted octanol–water partition coefficient (Wildman–Crippen LogP) is 3.50. The van der Waals surface area contributed by atoms with E-state index in [0.29, 0.717) is 24.3 Å². The van der Waals surface area contributed by atoms with Gasteiger partial charge in [0.05, 0.1) is 24.8 Å². The van der Waals surface area contributed by atoms with Gasteiger partial charge in [0.2, 0.25) is 11.8 Å². The highest BCUT2D eigenvalue weighted by atomic mass is 32.2. The van der Waals surface area contributed by atoms with Crippen molar-refractivity contribution in [2.45, 2.75) is 30.7 Å². The Morgan fingerprint density at radius 3 is 2.08 bits per heavy atom. The Morgan fingerprint density at radius 2 is 1.51 bits per heavy atom. The van der Waals surface area contributed by atoms with Crippen LogP contribution in [-0.4, -0.2) is 65.5 Å². The van der Waals surface area contributed by atoms with E-state index in [0.717, 1.165) is 9.87 Å². The summed E-state index contributed by atoms with van der Waals surface area (Å²) in [4.78, 5) is 28.2. The standard InChI is InChI=1S/C29H35N3O6S/c1-5-25(29(34)30-2)31(19-18-22-12-8-6-9-13-22)28(33)21-32(39(35,36)24-14-10-7-11-15-24)23-16-17-26(37-3)27(20-23)38-4/h6-17,20,25H,5,18-19,21H2,1-4H3,(H,30,34). The molecule has 1 atom stereocenters. The van der Waals surface area contributed by atoms with Gasteiger partial charge in [-0.05, 0) is 42.7 Å². The summed E-state index contributed by atoms with van der Waals surface area (Å²) in [5.41, 5.74) is 1.22. The van der Waals surface area contributed by atoms with Gasteiger partial charge in [0.25, 0.3) is 10.0 Å². The van der Waals surface area contributed by atoms with E-state index in [1.165, 1.54) is 44.4 Å². The molecule has 1 N–H and O–H groups in total. The van der Waals surface area contributed by atoms with E-state index >= 15 is 0 Å². The van der Waals surface area contributed by atoms with Crippen LogP contribution in [0.3, 0.4) is 0 Å². The van der Waals surface area contributed by atoms with Crippen LogP contribution in [-0.2, 0) is 26.0 Å². The molecule has 3 rings (SSSR count). The largest absolute Gasteiger partial charge is 0.493 e. The summed E-state index contributed by atoms with van der Waals surface area (Å²) in [6.45, 7) is 1.53. The van der Waals surface area contributed by atoms with Crippen LogP contribution in [0, 0.1) is 0 Å². The van der Waals surface area contributed by atoms with Gasteiger partial charge in [-0.2, -0.15) is 0 Å². The van der Waals surface area contributed by atoms with Crippen molar-refractivity contribution in [3.05, 3.63) is 84.4 Å². The molecule has 10 heteroatoms. The molecule has 3 aromatic carbocycles. The summed E-state index contributed by atoms with van der Waals surface area (Å²) in [6.07, 6.45) is 0.865. The van der Waals surface area contributed by atoms with Gasteiger partial charge in [-0.25, -0.2) is 8.42 Å². The van der Waals surface area contributed by atoms with Crippen molar-refractivity contribution in [2.24, 2.45) is 0 Å². The fourth-order valence-corrected chi connectivity index (χ4v) is 5.72. The summed E-state index contributed by atoms with van der Waals surface area (Å²) in [5.74, 6) is -0.0913. The first-order chi connectivity index (χ1) is 18.8. The van der Waals surface area contributed by atoms with Crippen LogP contribution in [0.5, 0.6) is 11.5 Å². The smallest absolute Gasteiger partial charge is 0.264 e. The average Bonchev–Trinajstić information content (AvgIpc) is 2.98. The van der Waals surface area contributed by atoms with Crippen LogP contribution in [0.15, 0.2) is 83.8 Å². The molecule has 0 fully saturated rings. The molecule has 2 amide bonds. The topological polar surface area (TPSA) is 105 Å². The van der Waals surface area contributed by atoms with Gasteiger partial charge in [-0.15, -0.1) is 0 Å². The monoisotopic (exact) mass is 553 g/mol. The Labute approximate surface area is 230 Å². The first-order valence-electron chi connectivity index (χ1n) is 12.6. The zero-order valence-electron chi connectivity index (χ0n) is 22.7. The molecule has 3 aromatic rings. The van der Waals surface area contributed by atoms with Crippen molar-refractivity contribution >= 4 is 27.5 Å². The van der Waals surface area contributed by atoms with Gasteiger partial charge in [0.1, 0.15) is 12.6 Å². The van der Waals surface area contributed by atoms with Crippen LogP contribution in [0.1, 0.15) is 18.9 Å². The number of amides is 2. The molecule has 9 nitrogen and oxygen atoms in total. The highest BCUT2D eigenvalue weighted by Crippen LogP contribution is 2.34. The normalized spacial score (nSPS) is 11.8. The molecule has 1 unspecified atom stereocenters. The lowest BCUT2D eigenvalue weighted by Crippen LogP contribution is -2.52. The van der Waals surface area contributed by atoms with Gasteiger partial charge in [0.15, 0.2) is 11.5 Å². The first-order valence-corrected chi connectivity index (χ1v) is 14.1. The van der Waals surface area contributed by atoms with Crippen LogP contribution >= 0.6 is 0 Å². The Bertz CT molecular complexity index is 1350. The van der Waals surface area contributed by atoms with E-state index in [4.69, 9.17) is 9.47 Å². The summed E-state index contributed by atoms with van der Waals surface area (Å²) in [7, 11) is 0.279. The molecule has 0 aromatic heterocycles. The number of nitrogens with one attached hydrogen (secondary N) is 1. The molecular formula is C29H35N3O6S. The minimum absolute atomic E-state index is 0.0294. The lowest BCUT2D eigenvalue weighted by atomic mass is 10.1. The van der Waals surface area contributed by atoms with Crippen LogP contribution in [0.2, 0.25) is 0 Å². The number of likely N-dealkylation sites (N-methyl/N-ethyl adjacent to an activating group) is 1. The number of sulfonamides is 1. The van der Waals surface area contributed by atoms with Crippen molar-refractivity contribution in [2.75, 3.05) is 38.7 Å². The number of hydrogen-bond donors (Lipinski definition) is 1. The predicted molar refractivity (Wildman–Crippen MR) is 151 cm³/mol. The van der Waals surface area contributed by atoms with Gasteiger partial charge in [-0.1, -0.05) is 55.5 Å². The number of rotatable bonds is 13. The Morgan fingerprint density at radius 1 is 0.897 bits per heavy atom. The Kier molecular flexibility index (Phi) is 10.3. The number of nitrogens with zero attached hydrogens (tertiary/aromatic N) is 2. The molecule has 0 saturated carbocycles. The molecule has 0 saturated heterocycles. The molecule has 0 radical (unpaired) electrons. The zero-order chi connectivity index (χ0) is 28.4. The van der Waals surface area contributed by atoms with E-state index in [-0.39, 0.29) is 23.0 Å². The lowest BCUT2D eigenvalue weighted by Gasteiger charge is -2.33. The summed E-state index contributed by atoms with van der Waals surface area (Å²) >= 11 is 0. The summed E-state index contributed by atoms with van der Waals surface area (Å²) < 4.78 is 39.5. The van der Waals surface area contributed by atoms with Crippen LogP contribution < -0.4 is 19.1 Å². The maximum absolute atomic E-state index is 13.9. The quantitative estimate of drug-likeness (QED) is 0.347. The highest BCUT2D eigenvalue weighted by Gasteiger charge is 2.33.